The average Bonchev–Trinajstić information content (AvgIpc) is 3.14. The molecule has 0 aromatic carbocycles. The van der Waals surface area contributed by atoms with E-state index in [1.54, 1.807) is 17.5 Å². The van der Waals surface area contributed by atoms with Gasteiger partial charge in [0.25, 0.3) is 0 Å². The van der Waals surface area contributed by atoms with Crippen LogP contribution in [-0.4, -0.2) is 21.2 Å². The number of rotatable bonds is 4. The fourth-order valence-electron chi connectivity index (χ4n) is 2.35. The molecule has 0 radical (unpaired) electrons. The molecule has 2 N–H and O–H groups in total. The van der Waals surface area contributed by atoms with Crippen LogP contribution in [0.3, 0.4) is 0 Å². The number of hydrogen-bond donors (Lipinski definition) is 2. The van der Waals surface area contributed by atoms with Gasteiger partial charge >= 0.3 is 6.03 Å². The van der Waals surface area contributed by atoms with Crippen LogP contribution in [0.5, 0.6) is 0 Å². The molecule has 3 rings (SSSR count). The minimum absolute atomic E-state index is 0.0712. The molecule has 1 atom stereocenters. The van der Waals surface area contributed by atoms with E-state index in [0.29, 0.717) is 10.1 Å². The van der Waals surface area contributed by atoms with Gasteiger partial charge in [0.2, 0.25) is 5.13 Å². The van der Waals surface area contributed by atoms with Crippen LogP contribution in [0.1, 0.15) is 28.3 Å². The van der Waals surface area contributed by atoms with Gasteiger partial charge in [-0.2, -0.15) is 0 Å². The number of carbonyl (C=O) groups is 1. The van der Waals surface area contributed by atoms with Crippen LogP contribution >= 0.6 is 22.7 Å². The van der Waals surface area contributed by atoms with Gasteiger partial charge in [-0.3, -0.25) is 10.3 Å². The molecule has 2 amide bonds. The molecule has 0 aliphatic rings. The van der Waals surface area contributed by atoms with Crippen LogP contribution in [0, 0.1) is 13.8 Å². The number of amides is 2. The molecule has 124 valence electrons. The number of anilines is 1. The summed E-state index contributed by atoms with van der Waals surface area (Å²) in [7, 11) is 0. The average molecular weight is 359 g/mol. The van der Waals surface area contributed by atoms with Gasteiger partial charge in [0.05, 0.1) is 6.04 Å². The molecule has 8 heteroatoms. The first kappa shape index (κ1) is 16.5. The van der Waals surface area contributed by atoms with Crippen molar-refractivity contribution in [2.24, 2.45) is 0 Å². The quantitative estimate of drug-likeness (QED) is 0.733. The van der Waals surface area contributed by atoms with Crippen molar-refractivity contribution in [1.29, 1.82) is 0 Å². The monoisotopic (exact) mass is 359 g/mol. The smallest absolute Gasteiger partial charge is 0.321 e. The maximum Gasteiger partial charge on any atom is 0.321 e. The first-order valence-electron chi connectivity index (χ1n) is 7.42. The van der Waals surface area contributed by atoms with Gasteiger partial charge in [-0.1, -0.05) is 17.4 Å². The fourth-order valence-corrected chi connectivity index (χ4v) is 4.09. The number of pyridine rings is 1. The third-order valence-electron chi connectivity index (χ3n) is 3.42. The van der Waals surface area contributed by atoms with Gasteiger partial charge in [-0.25, -0.2) is 4.79 Å². The highest BCUT2D eigenvalue weighted by Gasteiger charge is 2.15. The van der Waals surface area contributed by atoms with Gasteiger partial charge < -0.3 is 5.32 Å². The number of nitrogens with zero attached hydrogens (tertiary/aromatic N) is 3. The van der Waals surface area contributed by atoms with Gasteiger partial charge in [0.1, 0.15) is 5.69 Å². The third-order valence-corrected chi connectivity index (χ3v) is 5.27. The Morgan fingerprint density at radius 3 is 2.71 bits per heavy atom. The van der Waals surface area contributed by atoms with E-state index in [1.165, 1.54) is 21.1 Å². The van der Waals surface area contributed by atoms with Crippen molar-refractivity contribution in [2.45, 2.75) is 26.8 Å². The first-order valence-corrected chi connectivity index (χ1v) is 9.05. The summed E-state index contributed by atoms with van der Waals surface area (Å²) in [5.41, 5.74) is 1.88. The van der Waals surface area contributed by atoms with Crippen LogP contribution < -0.4 is 10.6 Å². The minimum atomic E-state index is -0.297. The lowest BCUT2D eigenvalue weighted by Crippen LogP contribution is -2.31. The van der Waals surface area contributed by atoms with Crippen molar-refractivity contribution in [3.63, 3.8) is 0 Å². The van der Waals surface area contributed by atoms with E-state index in [1.807, 2.05) is 25.1 Å². The maximum atomic E-state index is 12.2. The van der Waals surface area contributed by atoms with E-state index in [2.05, 4.69) is 45.7 Å². The maximum absolute atomic E-state index is 12.2. The Morgan fingerprint density at radius 1 is 1.21 bits per heavy atom. The van der Waals surface area contributed by atoms with Crippen LogP contribution in [0.15, 0.2) is 30.5 Å². The molecule has 24 heavy (non-hydrogen) atoms. The van der Waals surface area contributed by atoms with E-state index < -0.39 is 0 Å². The molecule has 0 saturated carbocycles. The summed E-state index contributed by atoms with van der Waals surface area (Å²) in [6.07, 6.45) is 1.70. The zero-order chi connectivity index (χ0) is 17.1. The Kier molecular flexibility index (Phi) is 4.86. The molecule has 0 fully saturated rings. The molecule has 1 unspecified atom stereocenters. The lowest BCUT2D eigenvalue weighted by Gasteiger charge is -2.13. The largest absolute Gasteiger partial charge is 0.331 e. The number of carbonyl (C=O) groups excluding carboxylic acids is 1. The lowest BCUT2D eigenvalue weighted by atomic mass is 10.1. The van der Waals surface area contributed by atoms with Gasteiger partial charge in [-0.15, -0.1) is 21.5 Å². The zero-order valence-corrected chi connectivity index (χ0v) is 15.2. The molecule has 3 aromatic rings. The number of aryl methyl sites for hydroxylation is 2. The van der Waals surface area contributed by atoms with Crippen LogP contribution in [0.2, 0.25) is 0 Å². The van der Waals surface area contributed by atoms with Crippen LogP contribution in [-0.2, 0) is 0 Å². The van der Waals surface area contributed by atoms with Crippen molar-refractivity contribution < 1.29 is 4.79 Å². The number of nitrogens with one attached hydrogen (secondary N) is 2. The number of aromatic nitrogens is 3. The van der Waals surface area contributed by atoms with E-state index in [9.17, 15) is 4.79 Å². The summed E-state index contributed by atoms with van der Waals surface area (Å²) in [4.78, 5) is 18.8. The van der Waals surface area contributed by atoms with Gasteiger partial charge in [0.15, 0.2) is 5.01 Å². The Labute approximate surface area is 148 Å². The molecule has 0 aliphatic carbocycles. The van der Waals surface area contributed by atoms with Gasteiger partial charge in [0, 0.05) is 16.0 Å². The molecular formula is C16H17N5OS2. The second-order valence-corrected chi connectivity index (χ2v) is 7.75. The predicted molar refractivity (Wildman–Crippen MR) is 97.5 cm³/mol. The number of thiophene rings is 1. The summed E-state index contributed by atoms with van der Waals surface area (Å²) in [6.45, 7) is 6.09. The highest BCUT2D eigenvalue weighted by Crippen LogP contribution is 2.27. The molecule has 6 nitrogen and oxygen atoms in total. The lowest BCUT2D eigenvalue weighted by molar-refractivity contribution is 0.249. The van der Waals surface area contributed by atoms with Crippen molar-refractivity contribution in [2.75, 3.05) is 5.32 Å². The molecule has 0 saturated heterocycles. The van der Waals surface area contributed by atoms with E-state index in [-0.39, 0.29) is 12.1 Å². The standard InChI is InChI=1S/C16H17N5OS2/c1-9-8-12(11(3)23-9)10(2)18-15(22)19-16-21-20-14(24-16)13-6-4-5-7-17-13/h4-8,10H,1-3H3,(H2,18,19,21,22). The third kappa shape index (κ3) is 3.77. The minimum Gasteiger partial charge on any atom is -0.331 e. The van der Waals surface area contributed by atoms with Crippen molar-refractivity contribution >= 4 is 33.8 Å². The van der Waals surface area contributed by atoms with Crippen LogP contribution in [0.25, 0.3) is 10.7 Å². The van der Waals surface area contributed by atoms with E-state index in [4.69, 9.17) is 0 Å². The van der Waals surface area contributed by atoms with Gasteiger partial charge in [-0.05, 0) is 44.5 Å². The predicted octanol–water partition coefficient (Wildman–Crippen LogP) is 4.16. The molecule has 0 spiro atoms. The summed E-state index contributed by atoms with van der Waals surface area (Å²) in [6, 6.07) is 7.32. The summed E-state index contributed by atoms with van der Waals surface area (Å²) in [5.74, 6) is 0. The highest BCUT2D eigenvalue weighted by molar-refractivity contribution is 7.18. The Bertz CT molecular complexity index is 843. The number of urea groups is 1. The molecule has 0 bridgehead atoms. The summed E-state index contributed by atoms with van der Waals surface area (Å²) in [5, 5.41) is 14.8. The Hall–Kier alpha value is -2.32. The second-order valence-electron chi connectivity index (χ2n) is 5.32. The summed E-state index contributed by atoms with van der Waals surface area (Å²) < 4.78 is 0. The topological polar surface area (TPSA) is 79.8 Å². The zero-order valence-electron chi connectivity index (χ0n) is 13.5. The molecular weight excluding hydrogens is 342 g/mol. The SMILES string of the molecule is Cc1cc(C(C)NC(=O)Nc2nnc(-c3ccccn3)s2)c(C)s1. The molecule has 3 heterocycles. The summed E-state index contributed by atoms with van der Waals surface area (Å²) >= 11 is 3.02. The second kappa shape index (κ2) is 7.06. The van der Waals surface area contributed by atoms with E-state index >= 15 is 0 Å². The van der Waals surface area contributed by atoms with Crippen molar-refractivity contribution in [1.82, 2.24) is 20.5 Å². The Balaban J connectivity index is 1.63. The van der Waals surface area contributed by atoms with Crippen LogP contribution in [0.4, 0.5) is 9.93 Å². The first-order chi connectivity index (χ1) is 11.5. The fraction of sp³-hybridized carbons (Fsp3) is 0.250. The number of hydrogen-bond acceptors (Lipinski definition) is 6. The highest BCUT2D eigenvalue weighted by atomic mass is 32.1. The van der Waals surface area contributed by atoms with Crippen molar-refractivity contribution in [3.8, 4) is 10.7 Å². The molecule has 3 aromatic heterocycles. The molecule has 0 aliphatic heterocycles. The Morgan fingerprint density at radius 2 is 2.04 bits per heavy atom. The normalized spacial score (nSPS) is 12.0. The van der Waals surface area contributed by atoms with E-state index in [0.717, 1.165) is 11.3 Å². The van der Waals surface area contributed by atoms with Crippen molar-refractivity contribution in [3.05, 3.63) is 45.8 Å².